The maximum absolute atomic E-state index is 13.0. The van der Waals surface area contributed by atoms with Crippen molar-refractivity contribution < 1.29 is 17.6 Å². The van der Waals surface area contributed by atoms with Crippen LogP contribution in [0.25, 0.3) is 0 Å². The van der Waals surface area contributed by atoms with Gasteiger partial charge in [-0.2, -0.15) is 0 Å². The second kappa shape index (κ2) is 6.80. The fourth-order valence-electron chi connectivity index (χ4n) is 2.81. The van der Waals surface area contributed by atoms with Crippen LogP contribution in [-0.4, -0.2) is 26.1 Å². The predicted octanol–water partition coefficient (Wildman–Crippen LogP) is 3.02. The van der Waals surface area contributed by atoms with Gasteiger partial charge in [-0.1, -0.05) is 29.8 Å². The summed E-state index contributed by atoms with van der Waals surface area (Å²) in [6.07, 6.45) is 1.61. The van der Waals surface area contributed by atoms with Crippen molar-refractivity contribution in [2.75, 3.05) is 10.7 Å². The van der Waals surface area contributed by atoms with Gasteiger partial charge in [0, 0.05) is 11.1 Å². The van der Waals surface area contributed by atoms with Crippen molar-refractivity contribution in [1.82, 2.24) is 0 Å². The smallest absolute Gasteiger partial charge is 0.231 e. The second-order valence-corrected chi connectivity index (χ2v) is 8.06. The highest BCUT2D eigenvalue weighted by Crippen LogP contribution is 2.24. The number of benzene rings is 2. The molecule has 1 aliphatic heterocycles. The zero-order valence-corrected chi connectivity index (χ0v) is 14.5. The number of hydrogen-bond acceptors (Lipinski definition) is 3. The summed E-state index contributed by atoms with van der Waals surface area (Å²) in [5.41, 5.74) is 2.36. The van der Waals surface area contributed by atoms with Gasteiger partial charge in [0.25, 0.3) is 0 Å². The van der Waals surface area contributed by atoms with Crippen molar-refractivity contribution >= 4 is 21.4 Å². The van der Waals surface area contributed by atoms with Gasteiger partial charge in [0.2, 0.25) is 5.91 Å². The second-order valence-electron chi connectivity index (χ2n) is 6.13. The van der Waals surface area contributed by atoms with Crippen LogP contribution in [0.2, 0.25) is 0 Å². The van der Waals surface area contributed by atoms with Gasteiger partial charge in [0.05, 0.1) is 18.2 Å². The quantitative estimate of drug-likeness (QED) is 0.843. The number of carbonyl (C=O) groups excluding carboxylic acids is 1. The Kier molecular flexibility index (Phi) is 4.72. The molecule has 0 bridgehead atoms. The highest BCUT2D eigenvalue weighted by molar-refractivity contribution is 7.94. The minimum absolute atomic E-state index is 0.0680. The summed E-state index contributed by atoms with van der Waals surface area (Å²) >= 11 is 0. The largest absolute Gasteiger partial charge is 0.304 e. The standard InChI is InChI=1S/C19H18FNO3S/c1-14-2-8-17(9-3-14)21(18-10-11-25(23,24)13-18)19(22)12-15-4-6-16(20)7-5-15/h2-11,18H,12-13H2,1H3/t18-/m1/s1. The van der Waals surface area contributed by atoms with Gasteiger partial charge in [-0.15, -0.1) is 0 Å². The third-order valence-corrected chi connectivity index (χ3v) is 5.47. The molecule has 0 N–H and O–H groups in total. The zero-order chi connectivity index (χ0) is 18.0. The van der Waals surface area contributed by atoms with Crippen LogP contribution in [0.3, 0.4) is 0 Å². The van der Waals surface area contributed by atoms with E-state index >= 15 is 0 Å². The Hall–Kier alpha value is -2.47. The first-order valence-electron chi connectivity index (χ1n) is 7.88. The SMILES string of the molecule is Cc1ccc(N(C(=O)Cc2ccc(F)cc2)[C@@H]2C=CS(=O)(=O)C2)cc1. The number of amides is 1. The summed E-state index contributed by atoms with van der Waals surface area (Å²) in [5, 5.41) is 1.16. The van der Waals surface area contributed by atoms with Gasteiger partial charge in [-0.3, -0.25) is 4.79 Å². The number of sulfone groups is 1. The van der Waals surface area contributed by atoms with Gasteiger partial charge >= 0.3 is 0 Å². The molecule has 0 saturated heterocycles. The first-order chi connectivity index (χ1) is 11.8. The molecule has 2 aromatic rings. The van der Waals surface area contributed by atoms with Crippen molar-refractivity contribution in [2.24, 2.45) is 0 Å². The summed E-state index contributed by atoms with van der Waals surface area (Å²) in [5.74, 6) is -0.727. The Labute approximate surface area is 146 Å². The molecule has 25 heavy (non-hydrogen) atoms. The van der Waals surface area contributed by atoms with E-state index in [1.807, 2.05) is 19.1 Å². The number of halogens is 1. The lowest BCUT2D eigenvalue weighted by atomic mass is 10.1. The van der Waals surface area contributed by atoms with E-state index in [4.69, 9.17) is 0 Å². The highest BCUT2D eigenvalue weighted by Gasteiger charge is 2.31. The van der Waals surface area contributed by atoms with Crippen molar-refractivity contribution in [3.63, 3.8) is 0 Å². The van der Waals surface area contributed by atoms with Crippen molar-refractivity contribution in [3.05, 3.63) is 77.0 Å². The van der Waals surface area contributed by atoms with E-state index in [2.05, 4.69) is 0 Å². The Bertz CT molecular complexity index is 903. The number of aryl methyl sites for hydroxylation is 1. The molecule has 130 valence electrons. The van der Waals surface area contributed by atoms with E-state index in [1.165, 1.54) is 23.1 Å². The van der Waals surface area contributed by atoms with E-state index in [1.54, 1.807) is 24.3 Å². The molecule has 0 aliphatic carbocycles. The molecular formula is C19H18FNO3S. The average molecular weight is 359 g/mol. The van der Waals surface area contributed by atoms with E-state index in [0.29, 0.717) is 11.3 Å². The number of nitrogens with zero attached hydrogens (tertiary/aromatic N) is 1. The number of carbonyl (C=O) groups is 1. The molecule has 0 saturated carbocycles. The predicted molar refractivity (Wildman–Crippen MR) is 95.5 cm³/mol. The third-order valence-electron chi connectivity index (χ3n) is 4.09. The summed E-state index contributed by atoms with van der Waals surface area (Å²) in [6, 6.07) is 12.5. The van der Waals surface area contributed by atoms with Crippen LogP contribution in [0, 0.1) is 12.7 Å². The molecular weight excluding hydrogens is 341 g/mol. The first kappa shape index (κ1) is 17.4. The fourth-order valence-corrected chi connectivity index (χ4v) is 4.08. The lowest BCUT2D eigenvalue weighted by Crippen LogP contribution is -2.42. The van der Waals surface area contributed by atoms with Crippen molar-refractivity contribution in [1.29, 1.82) is 0 Å². The van der Waals surface area contributed by atoms with E-state index in [-0.39, 0.29) is 23.9 Å². The van der Waals surface area contributed by atoms with Crippen LogP contribution in [0.5, 0.6) is 0 Å². The Morgan fingerprint density at radius 1 is 1.12 bits per heavy atom. The van der Waals surface area contributed by atoms with E-state index in [0.717, 1.165) is 11.0 Å². The van der Waals surface area contributed by atoms with Crippen LogP contribution in [-0.2, 0) is 21.1 Å². The molecule has 1 atom stereocenters. The zero-order valence-electron chi connectivity index (χ0n) is 13.7. The first-order valence-corrected chi connectivity index (χ1v) is 9.60. The topological polar surface area (TPSA) is 54.5 Å². The Morgan fingerprint density at radius 2 is 1.76 bits per heavy atom. The van der Waals surface area contributed by atoms with Gasteiger partial charge in [0.1, 0.15) is 5.82 Å². The molecule has 1 amide bonds. The van der Waals surface area contributed by atoms with Crippen LogP contribution in [0.4, 0.5) is 10.1 Å². The van der Waals surface area contributed by atoms with Gasteiger partial charge in [-0.25, -0.2) is 12.8 Å². The monoisotopic (exact) mass is 359 g/mol. The molecule has 0 unspecified atom stereocenters. The van der Waals surface area contributed by atoms with Gasteiger partial charge < -0.3 is 4.90 Å². The molecule has 1 heterocycles. The lowest BCUT2D eigenvalue weighted by molar-refractivity contribution is -0.118. The molecule has 6 heteroatoms. The number of anilines is 1. The fraction of sp³-hybridized carbons (Fsp3) is 0.211. The van der Waals surface area contributed by atoms with Crippen molar-refractivity contribution in [2.45, 2.75) is 19.4 Å². The molecule has 3 rings (SSSR count). The van der Waals surface area contributed by atoms with Crippen LogP contribution >= 0.6 is 0 Å². The van der Waals surface area contributed by atoms with Crippen LogP contribution < -0.4 is 4.90 Å². The summed E-state index contributed by atoms with van der Waals surface area (Å²) in [6.45, 7) is 1.94. The molecule has 0 spiro atoms. The van der Waals surface area contributed by atoms with Gasteiger partial charge in [-0.05, 0) is 42.8 Å². The minimum Gasteiger partial charge on any atom is -0.304 e. The molecule has 4 nitrogen and oxygen atoms in total. The molecule has 0 radical (unpaired) electrons. The normalized spacial score (nSPS) is 18.2. The maximum atomic E-state index is 13.0. The minimum atomic E-state index is -3.29. The number of rotatable bonds is 4. The molecule has 1 aliphatic rings. The Balaban J connectivity index is 1.90. The maximum Gasteiger partial charge on any atom is 0.231 e. The van der Waals surface area contributed by atoms with E-state index in [9.17, 15) is 17.6 Å². The summed E-state index contributed by atoms with van der Waals surface area (Å²) in [4.78, 5) is 14.4. The number of hydrogen-bond donors (Lipinski definition) is 0. The average Bonchev–Trinajstić information content (AvgIpc) is 2.91. The van der Waals surface area contributed by atoms with Crippen LogP contribution in [0.15, 0.2) is 60.0 Å². The molecule has 0 fully saturated rings. The van der Waals surface area contributed by atoms with Crippen molar-refractivity contribution in [3.8, 4) is 0 Å². The van der Waals surface area contributed by atoms with Crippen LogP contribution in [0.1, 0.15) is 11.1 Å². The Morgan fingerprint density at radius 3 is 2.32 bits per heavy atom. The van der Waals surface area contributed by atoms with E-state index < -0.39 is 15.9 Å². The third kappa shape index (κ3) is 4.14. The molecule has 0 aromatic heterocycles. The molecule has 2 aromatic carbocycles. The van der Waals surface area contributed by atoms with Gasteiger partial charge in [0.15, 0.2) is 9.84 Å². The lowest BCUT2D eigenvalue weighted by Gasteiger charge is -2.28. The summed E-state index contributed by atoms with van der Waals surface area (Å²) in [7, 11) is -3.29. The highest BCUT2D eigenvalue weighted by atomic mass is 32.2. The summed E-state index contributed by atoms with van der Waals surface area (Å²) < 4.78 is 36.6.